The third-order valence-electron chi connectivity index (χ3n) is 1.59. The van der Waals surface area contributed by atoms with Gasteiger partial charge in [0.05, 0.1) is 19.1 Å². The first-order valence-corrected chi connectivity index (χ1v) is 3.45. The number of hydrogen-bond donors (Lipinski definition) is 0. The van der Waals surface area contributed by atoms with Gasteiger partial charge in [0.1, 0.15) is 5.78 Å². The molecule has 0 atom stereocenters. The van der Waals surface area contributed by atoms with Crippen molar-refractivity contribution in [3.63, 3.8) is 0 Å². The summed E-state index contributed by atoms with van der Waals surface area (Å²) in [6, 6.07) is 0. The van der Waals surface area contributed by atoms with E-state index in [9.17, 15) is 4.79 Å². The van der Waals surface area contributed by atoms with Gasteiger partial charge in [-0.3, -0.25) is 4.79 Å². The number of ether oxygens (including phenoxy) is 1. The van der Waals surface area contributed by atoms with Crippen molar-refractivity contribution in [3.8, 4) is 0 Å². The summed E-state index contributed by atoms with van der Waals surface area (Å²) in [6.07, 6.45) is 1.70. The molecule has 0 aliphatic carbocycles. The Morgan fingerprint density at radius 2 is 2.33 bits per heavy atom. The lowest BCUT2D eigenvalue weighted by atomic mass is 9.99. The van der Waals surface area contributed by atoms with Crippen LogP contribution < -0.4 is 0 Å². The fraction of sp³-hybridized carbons (Fsp3) is 0.857. The molecule has 9 heavy (non-hydrogen) atoms. The van der Waals surface area contributed by atoms with Crippen LogP contribution in [0.4, 0.5) is 0 Å². The van der Waals surface area contributed by atoms with Crippen LogP contribution in [0.2, 0.25) is 0 Å². The summed E-state index contributed by atoms with van der Waals surface area (Å²) in [5, 5.41) is 0. The van der Waals surface area contributed by atoms with Gasteiger partial charge in [-0.1, -0.05) is 6.92 Å². The van der Waals surface area contributed by atoms with Crippen molar-refractivity contribution in [1.82, 2.24) is 0 Å². The van der Waals surface area contributed by atoms with Crippen LogP contribution in [0.5, 0.6) is 0 Å². The fourth-order valence-electron chi connectivity index (χ4n) is 0.872. The maximum Gasteiger partial charge on any atom is 0.140 e. The van der Waals surface area contributed by atoms with Gasteiger partial charge in [0, 0.05) is 6.42 Å². The monoisotopic (exact) mass is 128 g/mol. The molecule has 1 rings (SSSR count). The van der Waals surface area contributed by atoms with Crippen LogP contribution in [0.1, 0.15) is 19.8 Å². The SMILES string of the molecule is CCCC(=O)C1COC1. The van der Waals surface area contributed by atoms with Gasteiger partial charge in [-0.05, 0) is 6.42 Å². The summed E-state index contributed by atoms with van der Waals surface area (Å²) < 4.78 is 4.88. The fourth-order valence-corrected chi connectivity index (χ4v) is 0.872. The Balaban J connectivity index is 2.16. The van der Waals surface area contributed by atoms with E-state index in [2.05, 4.69) is 0 Å². The van der Waals surface area contributed by atoms with E-state index in [1.54, 1.807) is 0 Å². The molecular weight excluding hydrogens is 116 g/mol. The Morgan fingerprint density at radius 3 is 2.67 bits per heavy atom. The Bertz CT molecular complexity index is 105. The van der Waals surface area contributed by atoms with Gasteiger partial charge in [0.2, 0.25) is 0 Å². The largest absolute Gasteiger partial charge is 0.380 e. The van der Waals surface area contributed by atoms with Crippen molar-refractivity contribution in [2.75, 3.05) is 13.2 Å². The van der Waals surface area contributed by atoms with Gasteiger partial charge >= 0.3 is 0 Å². The molecule has 0 aromatic heterocycles. The van der Waals surface area contributed by atoms with E-state index in [-0.39, 0.29) is 5.92 Å². The highest BCUT2D eigenvalue weighted by Gasteiger charge is 2.24. The molecule has 0 unspecified atom stereocenters. The molecule has 1 aliphatic heterocycles. The van der Waals surface area contributed by atoms with E-state index in [0.29, 0.717) is 19.0 Å². The van der Waals surface area contributed by atoms with Crippen LogP contribution in [0, 0.1) is 5.92 Å². The molecule has 1 heterocycles. The topological polar surface area (TPSA) is 26.3 Å². The van der Waals surface area contributed by atoms with Gasteiger partial charge in [0.15, 0.2) is 0 Å². The molecule has 0 radical (unpaired) electrons. The van der Waals surface area contributed by atoms with Crippen molar-refractivity contribution < 1.29 is 9.53 Å². The number of carbonyl (C=O) groups excluding carboxylic acids is 1. The highest BCUT2D eigenvalue weighted by molar-refractivity contribution is 5.81. The minimum atomic E-state index is 0.241. The molecule has 1 aliphatic rings. The van der Waals surface area contributed by atoms with Crippen LogP contribution in [-0.4, -0.2) is 19.0 Å². The van der Waals surface area contributed by atoms with E-state index in [1.807, 2.05) is 6.92 Å². The van der Waals surface area contributed by atoms with E-state index in [0.717, 1.165) is 12.8 Å². The summed E-state index contributed by atoms with van der Waals surface area (Å²) in [6.45, 7) is 3.36. The molecule has 0 amide bonds. The minimum absolute atomic E-state index is 0.241. The Labute approximate surface area is 55.2 Å². The zero-order valence-corrected chi connectivity index (χ0v) is 5.72. The number of Topliss-reactive ketones (excluding diaryl/α,β-unsaturated/α-hetero) is 1. The summed E-state index contributed by atoms with van der Waals surface area (Å²) >= 11 is 0. The molecule has 0 aromatic carbocycles. The second kappa shape index (κ2) is 2.97. The van der Waals surface area contributed by atoms with Gasteiger partial charge in [0.25, 0.3) is 0 Å². The number of rotatable bonds is 3. The van der Waals surface area contributed by atoms with E-state index < -0.39 is 0 Å². The Morgan fingerprint density at radius 1 is 1.67 bits per heavy atom. The third kappa shape index (κ3) is 1.52. The average Bonchev–Trinajstić information content (AvgIpc) is 1.60. The second-order valence-corrected chi connectivity index (χ2v) is 2.45. The molecule has 0 aromatic rings. The van der Waals surface area contributed by atoms with Gasteiger partial charge in [-0.25, -0.2) is 0 Å². The lowest BCUT2D eigenvalue weighted by Crippen LogP contribution is -2.34. The summed E-state index contributed by atoms with van der Waals surface area (Å²) in [7, 11) is 0. The number of ketones is 1. The van der Waals surface area contributed by atoms with Crippen molar-refractivity contribution in [2.45, 2.75) is 19.8 Å². The molecule has 0 N–H and O–H groups in total. The predicted octanol–water partition coefficient (Wildman–Crippen LogP) is 1.00. The lowest BCUT2D eigenvalue weighted by molar-refractivity contribution is -0.136. The number of hydrogen-bond acceptors (Lipinski definition) is 2. The van der Waals surface area contributed by atoms with Crippen molar-refractivity contribution in [1.29, 1.82) is 0 Å². The normalized spacial score (nSPS) is 19.2. The van der Waals surface area contributed by atoms with Crippen molar-refractivity contribution >= 4 is 5.78 Å². The van der Waals surface area contributed by atoms with Crippen molar-refractivity contribution in [2.24, 2.45) is 5.92 Å². The van der Waals surface area contributed by atoms with Crippen molar-refractivity contribution in [3.05, 3.63) is 0 Å². The van der Waals surface area contributed by atoms with Gasteiger partial charge < -0.3 is 4.74 Å². The zero-order valence-electron chi connectivity index (χ0n) is 5.72. The summed E-state index contributed by atoms with van der Waals surface area (Å²) in [5.41, 5.74) is 0. The maximum absolute atomic E-state index is 10.9. The van der Waals surface area contributed by atoms with Crippen LogP contribution in [0.15, 0.2) is 0 Å². The Hall–Kier alpha value is -0.370. The molecule has 2 nitrogen and oxygen atoms in total. The highest BCUT2D eigenvalue weighted by atomic mass is 16.5. The minimum Gasteiger partial charge on any atom is -0.380 e. The van der Waals surface area contributed by atoms with Crippen LogP contribution >= 0.6 is 0 Å². The van der Waals surface area contributed by atoms with Gasteiger partial charge in [-0.2, -0.15) is 0 Å². The summed E-state index contributed by atoms with van der Waals surface area (Å²) in [4.78, 5) is 10.9. The van der Waals surface area contributed by atoms with E-state index in [4.69, 9.17) is 4.74 Å². The molecule has 52 valence electrons. The lowest BCUT2D eigenvalue weighted by Gasteiger charge is -2.24. The first kappa shape index (κ1) is 6.75. The molecule has 2 heteroatoms. The average molecular weight is 128 g/mol. The molecular formula is C7H12O2. The molecule has 0 bridgehead atoms. The maximum atomic E-state index is 10.9. The summed E-state index contributed by atoms with van der Waals surface area (Å²) in [5.74, 6) is 0.619. The van der Waals surface area contributed by atoms with E-state index in [1.165, 1.54) is 0 Å². The quantitative estimate of drug-likeness (QED) is 0.566. The molecule has 1 fully saturated rings. The molecule has 0 spiro atoms. The Kier molecular flexibility index (Phi) is 2.22. The van der Waals surface area contributed by atoms with Crippen LogP contribution in [0.3, 0.4) is 0 Å². The predicted molar refractivity (Wildman–Crippen MR) is 34.2 cm³/mol. The van der Waals surface area contributed by atoms with Gasteiger partial charge in [-0.15, -0.1) is 0 Å². The van der Waals surface area contributed by atoms with Crippen LogP contribution in [0.25, 0.3) is 0 Å². The number of carbonyl (C=O) groups is 1. The smallest absolute Gasteiger partial charge is 0.140 e. The first-order valence-electron chi connectivity index (χ1n) is 3.45. The standard InChI is InChI=1S/C7H12O2/c1-2-3-7(8)6-4-9-5-6/h6H,2-5H2,1H3. The van der Waals surface area contributed by atoms with E-state index >= 15 is 0 Å². The zero-order chi connectivity index (χ0) is 6.69. The molecule has 1 saturated heterocycles. The first-order chi connectivity index (χ1) is 4.34. The molecule has 0 saturated carbocycles. The highest BCUT2D eigenvalue weighted by Crippen LogP contribution is 2.13. The third-order valence-corrected chi connectivity index (χ3v) is 1.59. The van der Waals surface area contributed by atoms with Crippen LogP contribution in [-0.2, 0) is 9.53 Å². The second-order valence-electron chi connectivity index (χ2n) is 2.45.